The Morgan fingerprint density at radius 3 is 2.69 bits per heavy atom. The highest BCUT2D eigenvalue weighted by molar-refractivity contribution is 5.20. The minimum absolute atomic E-state index is 0.340. The predicted octanol–water partition coefficient (Wildman–Crippen LogP) is -2.20. The molecule has 88 valence electrons. The van der Waals surface area contributed by atoms with Crippen LogP contribution in [0.25, 0.3) is 0 Å². The number of nitro groups is 1. The first-order valence-corrected chi connectivity index (χ1v) is 4.22. The Morgan fingerprint density at radius 2 is 2.19 bits per heavy atom. The van der Waals surface area contributed by atoms with Crippen LogP contribution in [0.1, 0.15) is 0 Å². The molecule has 1 aromatic heterocycles. The summed E-state index contributed by atoms with van der Waals surface area (Å²) >= 11 is 0. The van der Waals surface area contributed by atoms with E-state index in [4.69, 9.17) is 10.2 Å². The fourth-order valence-corrected chi connectivity index (χ4v) is 1.05. The van der Waals surface area contributed by atoms with Gasteiger partial charge in [0.25, 0.3) is 0 Å². The average molecular weight is 231 g/mol. The van der Waals surface area contributed by atoms with Crippen molar-refractivity contribution in [2.75, 3.05) is 6.61 Å². The van der Waals surface area contributed by atoms with Crippen LogP contribution in [0.2, 0.25) is 0 Å². The fourth-order valence-electron chi connectivity index (χ4n) is 1.05. The van der Waals surface area contributed by atoms with Crippen LogP contribution in [-0.4, -0.2) is 37.4 Å². The number of nitrogens with one attached hydrogen (secondary N) is 1. The summed E-state index contributed by atoms with van der Waals surface area (Å²) in [5, 5.41) is 28.0. The van der Waals surface area contributed by atoms with Crippen LogP contribution < -0.4 is 11.2 Å². The summed E-state index contributed by atoms with van der Waals surface area (Å²) in [7, 11) is 0. The number of aliphatic hydroxyl groups excluding tert-OH is 2. The Hall–Kier alpha value is -2.00. The van der Waals surface area contributed by atoms with Gasteiger partial charge in [0, 0.05) is 0 Å². The van der Waals surface area contributed by atoms with Crippen molar-refractivity contribution >= 4 is 5.69 Å². The first-order valence-electron chi connectivity index (χ1n) is 4.22. The van der Waals surface area contributed by atoms with Crippen molar-refractivity contribution < 1.29 is 15.1 Å². The van der Waals surface area contributed by atoms with Gasteiger partial charge >= 0.3 is 16.9 Å². The molecule has 0 aliphatic heterocycles. The number of nitrogens with zero attached hydrogens (tertiary/aromatic N) is 2. The molecule has 1 aromatic rings. The molecule has 0 aliphatic rings. The maximum Gasteiger partial charge on any atom is 0.350 e. The molecule has 0 fully saturated rings. The summed E-state index contributed by atoms with van der Waals surface area (Å²) in [5.74, 6) is 0. The Morgan fingerprint density at radius 1 is 1.56 bits per heavy atom. The molecule has 3 N–H and O–H groups in total. The van der Waals surface area contributed by atoms with Crippen molar-refractivity contribution in [1.82, 2.24) is 9.55 Å². The number of aromatic nitrogens is 2. The van der Waals surface area contributed by atoms with E-state index in [0.717, 1.165) is 10.8 Å². The first kappa shape index (κ1) is 12.1. The third-order valence-electron chi connectivity index (χ3n) is 1.81. The van der Waals surface area contributed by atoms with Crippen molar-refractivity contribution in [2.24, 2.45) is 0 Å². The van der Waals surface area contributed by atoms with Gasteiger partial charge in [0.15, 0.2) is 0 Å². The fraction of sp³-hybridized carbons (Fsp3) is 0.429. The van der Waals surface area contributed by atoms with Crippen LogP contribution in [0.5, 0.6) is 0 Å². The van der Waals surface area contributed by atoms with Gasteiger partial charge in [0.1, 0.15) is 0 Å². The van der Waals surface area contributed by atoms with Crippen LogP contribution in [-0.2, 0) is 6.54 Å². The molecular formula is C7H9N3O6. The minimum Gasteiger partial charge on any atom is -0.394 e. The highest BCUT2D eigenvalue weighted by Gasteiger charge is 2.16. The van der Waals surface area contributed by atoms with E-state index in [1.54, 1.807) is 4.98 Å². The van der Waals surface area contributed by atoms with Crippen LogP contribution in [0.15, 0.2) is 15.8 Å². The molecule has 1 unspecified atom stereocenters. The standard InChI is InChI=1S/C7H9N3O6/c11-3-4(12)1-9-2-5(10(15)16)6(13)8-7(9)14/h2,4,11-12H,1,3H2,(H,8,13,14). The van der Waals surface area contributed by atoms with Gasteiger partial charge in [-0.05, 0) is 0 Å². The molecule has 9 nitrogen and oxygen atoms in total. The Kier molecular flexibility index (Phi) is 3.53. The lowest BCUT2D eigenvalue weighted by molar-refractivity contribution is -0.386. The number of aliphatic hydroxyl groups is 2. The third kappa shape index (κ3) is 2.52. The van der Waals surface area contributed by atoms with Gasteiger partial charge in [-0.25, -0.2) is 4.79 Å². The van der Waals surface area contributed by atoms with Crippen molar-refractivity contribution in [3.05, 3.63) is 37.1 Å². The zero-order valence-corrected chi connectivity index (χ0v) is 7.99. The predicted molar refractivity (Wildman–Crippen MR) is 51.1 cm³/mol. The van der Waals surface area contributed by atoms with Crippen LogP contribution in [0, 0.1) is 10.1 Å². The summed E-state index contributed by atoms with van der Waals surface area (Å²) in [5.41, 5.74) is -2.79. The molecule has 0 amide bonds. The van der Waals surface area contributed by atoms with E-state index in [2.05, 4.69) is 0 Å². The molecule has 9 heteroatoms. The zero-order chi connectivity index (χ0) is 12.3. The molecule has 1 atom stereocenters. The van der Waals surface area contributed by atoms with E-state index in [1.165, 1.54) is 0 Å². The van der Waals surface area contributed by atoms with Crippen molar-refractivity contribution in [3.8, 4) is 0 Å². The van der Waals surface area contributed by atoms with Gasteiger partial charge in [-0.1, -0.05) is 0 Å². The van der Waals surface area contributed by atoms with Crippen LogP contribution in [0.4, 0.5) is 5.69 Å². The molecule has 0 radical (unpaired) electrons. The maximum absolute atomic E-state index is 11.2. The number of hydrogen-bond donors (Lipinski definition) is 3. The molecule has 0 aromatic carbocycles. The van der Waals surface area contributed by atoms with Gasteiger partial charge in [0.05, 0.1) is 30.4 Å². The molecule has 0 saturated carbocycles. The lowest BCUT2D eigenvalue weighted by Crippen LogP contribution is -2.34. The molecule has 1 heterocycles. The van der Waals surface area contributed by atoms with Gasteiger partial charge in [0.2, 0.25) is 0 Å². The van der Waals surface area contributed by atoms with Crippen molar-refractivity contribution in [2.45, 2.75) is 12.6 Å². The van der Waals surface area contributed by atoms with E-state index in [1.807, 2.05) is 0 Å². The molecule has 16 heavy (non-hydrogen) atoms. The zero-order valence-electron chi connectivity index (χ0n) is 7.99. The second-order valence-electron chi connectivity index (χ2n) is 3.02. The van der Waals surface area contributed by atoms with E-state index in [-0.39, 0.29) is 6.54 Å². The largest absolute Gasteiger partial charge is 0.394 e. The van der Waals surface area contributed by atoms with E-state index in [9.17, 15) is 19.7 Å². The topological polar surface area (TPSA) is 138 Å². The minimum atomic E-state index is -1.23. The normalized spacial score (nSPS) is 12.4. The molecule has 0 spiro atoms. The Balaban J connectivity index is 3.20. The monoisotopic (exact) mass is 231 g/mol. The number of H-pyrrole nitrogens is 1. The summed E-state index contributed by atoms with van der Waals surface area (Å²) < 4.78 is 0.750. The van der Waals surface area contributed by atoms with Crippen LogP contribution >= 0.6 is 0 Å². The molecule has 0 saturated heterocycles. The quantitative estimate of drug-likeness (QED) is 0.397. The van der Waals surface area contributed by atoms with Gasteiger partial charge in [-0.3, -0.25) is 24.5 Å². The summed E-state index contributed by atoms with van der Waals surface area (Å²) in [6.07, 6.45) is -0.511. The van der Waals surface area contributed by atoms with Gasteiger partial charge in [-0.15, -0.1) is 0 Å². The average Bonchev–Trinajstić information content (AvgIpc) is 2.21. The van der Waals surface area contributed by atoms with Crippen molar-refractivity contribution in [3.63, 3.8) is 0 Å². The smallest absolute Gasteiger partial charge is 0.350 e. The van der Waals surface area contributed by atoms with E-state index in [0.29, 0.717) is 0 Å². The second-order valence-corrected chi connectivity index (χ2v) is 3.02. The van der Waals surface area contributed by atoms with Gasteiger partial charge < -0.3 is 10.2 Å². The maximum atomic E-state index is 11.2. The third-order valence-corrected chi connectivity index (χ3v) is 1.81. The number of aromatic amines is 1. The Labute approximate surface area is 87.7 Å². The highest BCUT2D eigenvalue weighted by Crippen LogP contribution is 1.99. The molecule has 1 rings (SSSR count). The summed E-state index contributed by atoms with van der Waals surface area (Å²) in [6, 6.07) is 0. The summed E-state index contributed by atoms with van der Waals surface area (Å²) in [6.45, 7) is -0.938. The lowest BCUT2D eigenvalue weighted by atomic mass is 10.3. The van der Waals surface area contributed by atoms with Crippen molar-refractivity contribution in [1.29, 1.82) is 0 Å². The lowest BCUT2D eigenvalue weighted by Gasteiger charge is -2.08. The summed E-state index contributed by atoms with van der Waals surface area (Å²) in [4.78, 5) is 33.3. The number of hydrogen-bond acceptors (Lipinski definition) is 6. The van der Waals surface area contributed by atoms with E-state index < -0.39 is 34.6 Å². The van der Waals surface area contributed by atoms with Crippen LogP contribution in [0.3, 0.4) is 0 Å². The van der Waals surface area contributed by atoms with Gasteiger partial charge in [-0.2, -0.15) is 0 Å². The highest BCUT2D eigenvalue weighted by atomic mass is 16.6. The molecule has 0 bridgehead atoms. The first-order chi connectivity index (χ1) is 7.45. The second kappa shape index (κ2) is 4.68. The number of rotatable bonds is 4. The molecule has 0 aliphatic carbocycles. The SMILES string of the molecule is O=c1[nH]c(=O)n(CC(O)CO)cc1[N+](=O)[O-]. The van der Waals surface area contributed by atoms with E-state index >= 15 is 0 Å². The Bertz CT molecular complexity index is 504. The molecular weight excluding hydrogens is 222 g/mol.